The van der Waals surface area contributed by atoms with Crippen LogP contribution in [0.2, 0.25) is 0 Å². The summed E-state index contributed by atoms with van der Waals surface area (Å²) < 4.78 is 6.88. The van der Waals surface area contributed by atoms with E-state index < -0.39 is 0 Å². The molecule has 1 aliphatic carbocycles. The number of aryl methyl sites for hydroxylation is 1. The SMILES string of the molecule is COC1CCC(NC(=O)c2cc3ccccc3n(C)c2=O)CC1. The van der Waals surface area contributed by atoms with Crippen LogP contribution in [-0.2, 0) is 11.8 Å². The molecule has 1 heterocycles. The summed E-state index contributed by atoms with van der Waals surface area (Å²) in [6, 6.07) is 9.38. The number of benzene rings is 1. The Bertz CT molecular complexity index is 773. The van der Waals surface area contributed by atoms with Gasteiger partial charge in [-0.15, -0.1) is 0 Å². The fourth-order valence-corrected chi connectivity index (χ4v) is 3.29. The zero-order valence-electron chi connectivity index (χ0n) is 13.5. The van der Waals surface area contributed by atoms with E-state index in [4.69, 9.17) is 4.74 Å². The molecule has 1 aliphatic rings. The number of ether oxygens (including phenoxy) is 1. The molecule has 0 saturated heterocycles. The second-order valence-electron chi connectivity index (χ2n) is 6.16. The maximum absolute atomic E-state index is 12.5. The average molecular weight is 314 g/mol. The Morgan fingerprint density at radius 2 is 1.91 bits per heavy atom. The molecule has 3 rings (SSSR count). The van der Waals surface area contributed by atoms with E-state index in [1.165, 1.54) is 4.57 Å². The van der Waals surface area contributed by atoms with Crippen molar-refractivity contribution in [3.63, 3.8) is 0 Å². The second kappa shape index (κ2) is 6.54. The largest absolute Gasteiger partial charge is 0.381 e. The number of fused-ring (bicyclic) bond motifs is 1. The lowest BCUT2D eigenvalue weighted by atomic mass is 9.93. The molecule has 0 spiro atoms. The van der Waals surface area contributed by atoms with Gasteiger partial charge in [-0.3, -0.25) is 9.59 Å². The van der Waals surface area contributed by atoms with Crippen LogP contribution in [0, 0.1) is 0 Å². The van der Waals surface area contributed by atoms with E-state index in [2.05, 4.69) is 5.32 Å². The van der Waals surface area contributed by atoms with Gasteiger partial charge in [0, 0.05) is 20.2 Å². The first-order valence-electron chi connectivity index (χ1n) is 8.02. The average Bonchev–Trinajstić information content (AvgIpc) is 2.58. The van der Waals surface area contributed by atoms with E-state index in [1.54, 1.807) is 20.2 Å². The van der Waals surface area contributed by atoms with E-state index in [-0.39, 0.29) is 29.2 Å². The van der Waals surface area contributed by atoms with Crippen molar-refractivity contribution in [2.45, 2.75) is 37.8 Å². The molecule has 23 heavy (non-hydrogen) atoms. The van der Waals surface area contributed by atoms with Crippen molar-refractivity contribution in [3.8, 4) is 0 Å². The highest BCUT2D eigenvalue weighted by molar-refractivity contribution is 5.97. The van der Waals surface area contributed by atoms with Gasteiger partial charge in [0.05, 0.1) is 11.6 Å². The fourth-order valence-electron chi connectivity index (χ4n) is 3.29. The number of aromatic nitrogens is 1. The molecule has 5 nitrogen and oxygen atoms in total. The molecule has 2 aromatic rings. The molecule has 122 valence electrons. The number of hydrogen-bond donors (Lipinski definition) is 1. The molecule has 1 aromatic heterocycles. The van der Waals surface area contributed by atoms with Gasteiger partial charge in [0.1, 0.15) is 5.56 Å². The standard InChI is InChI=1S/C18H22N2O3/c1-20-16-6-4-3-5-12(16)11-15(18(20)22)17(21)19-13-7-9-14(23-2)10-8-13/h3-6,11,13-14H,7-10H2,1-2H3,(H,19,21). The number of amides is 1. The number of carbonyl (C=O) groups is 1. The maximum atomic E-state index is 12.5. The highest BCUT2D eigenvalue weighted by Crippen LogP contribution is 2.21. The Kier molecular flexibility index (Phi) is 4.48. The Morgan fingerprint density at radius 3 is 2.61 bits per heavy atom. The Labute approximate surface area is 135 Å². The summed E-state index contributed by atoms with van der Waals surface area (Å²) in [5.74, 6) is -0.280. The second-order valence-corrected chi connectivity index (χ2v) is 6.16. The van der Waals surface area contributed by atoms with Gasteiger partial charge < -0.3 is 14.6 Å². The smallest absolute Gasteiger partial charge is 0.263 e. The highest BCUT2D eigenvalue weighted by Gasteiger charge is 2.23. The molecule has 0 unspecified atom stereocenters. The summed E-state index contributed by atoms with van der Waals surface area (Å²) >= 11 is 0. The number of hydrogen-bond acceptors (Lipinski definition) is 3. The Hall–Kier alpha value is -2.14. The lowest BCUT2D eigenvalue weighted by Gasteiger charge is -2.28. The van der Waals surface area contributed by atoms with Crippen LogP contribution in [0.4, 0.5) is 0 Å². The van der Waals surface area contributed by atoms with Crippen molar-refractivity contribution in [3.05, 3.63) is 46.2 Å². The zero-order chi connectivity index (χ0) is 16.4. The number of methoxy groups -OCH3 is 1. The van der Waals surface area contributed by atoms with Gasteiger partial charge in [-0.1, -0.05) is 18.2 Å². The summed E-state index contributed by atoms with van der Waals surface area (Å²) in [6.07, 6.45) is 3.95. The van der Waals surface area contributed by atoms with Crippen LogP contribution in [0.15, 0.2) is 35.1 Å². The summed E-state index contributed by atoms with van der Waals surface area (Å²) in [4.78, 5) is 25.0. The van der Waals surface area contributed by atoms with Crippen LogP contribution in [0.3, 0.4) is 0 Å². The first-order valence-corrected chi connectivity index (χ1v) is 8.02. The molecule has 1 aromatic carbocycles. The number of nitrogens with zero attached hydrogens (tertiary/aromatic N) is 1. The molecule has 0 bridgehead atoms. The van der Waals surface area contributed by atoms with Gasteiger partial charge in [0.15, 0.2) is 0 Å². The third kappa shape index (κ3) is 3.15. The lowest BCUT2D eigenvalue weighted by molar-refractivity contribution is 0.0599. The van der Waals surface area contributed by atoms with Crippen molar-refractivity contribution in [2.75, 3.05) is 7.11 Å². The fraction of sp³-hybridized carbons (Fsp3) is 0.444. The lowest BCUT2D eigenvalue weighted by Crippen LogP contribution is -2.41. The number of para-hydroxylation sites is 1. The van der Waals surface area contributed by atoms with Crippen LogP contribution in [0.1, 0.15) is 36.0 Å². The minimum absolute atomic E-state index is 0.116. The Morgan fingerprint density at radius 1 is 1.22 bits per heavy atom. The monoisotopic (exact) mass is 314 g/mol. The van der Waals surface area contributed by atoms with Gasteiger partial charge >= 0.3 is 0 Å². The van der Waals surface area contributed by atoms with Gasteiger partial charge in [-0.05, 0) is 43.2 Å². The van der Waals surface area contributed by atoms with Crippen LogP contribution < -0.4 is 10.9 Å². The molecule has 1 saturated carbocycles. The minimum atomic E-state index is -0.280. The maximum Gasteiger partial charge on any atom is 0.263 e. The number of pyridine rings is 1. The van der Waals surface area contributed by atoms with E-state index in [9.17, 15) is 9.59 Å². The summed E-state index contributed by atoms with van der Waals surface area (Å²) in [5.41, 5.74) is 0.779. The van der Waals surface area contributed by atoms with E-state index in [1.807, 2.05) is 24.3 Å². The molecule has 0 aliphatic heterocycles. The number of nitrogens with one attached hydrogen (secondary N) is 1. The molecule has 1 amide bonds. The Balaban J connectivity index is 1.81. The number of carbonyl (C=O) groups excluding carboxylic acids is 1. The van der Waals surface area contributed by atoms with Crippen molar-refractivity contribution in [2.24, 2.45) is 7.05 Å². The van der Waals surface area contributed by atoms with E-state index in [0.717, 1.165) is 36.6 Å². The predicted molar refractivity (Wildman–Crippen MR) is 89.7 cm³/mol. The van der Waals surface area contributed by atoms with Crippen LogP contribution in [0.5, 0.6) is 0 Å². The van der Waals surface area contributed by atoms with Crippen molar-refractivity contribution in [1.82, 2.24) is 9.88 Å². The third-order valence-corrected chi connectivity index (χ3v) is 4.72. The first-order chi connectivity index (χ1) is 11.1. The van der Waals surface area contributed by atoms with Crippen LogP contribution in [0.25, 0.3) is 10.9 Å². The molecule has 0 radical (unpaired) electrons. The van der Waals surface area contributed by atoms with Gasteiger partial charge in [0.2, 0.25) is 0 Å². The molecular weight excluding hydrogens is 292 g/mol. The quantitative estimate of drug-likeness (QED) is 0.945. The minimum Gasteiger partial charge on any atom is -0.381 e. The van der Waals surface area contributed by atoms with Gasteiger partial charge in [0.25, 0.3) is 11.5 Å². The van der Waals surface area contributed by atoms with E-state index >= 15 is 0 Å². The molecule has 0 atom stereocenters. The van der Waals surface area contributed by atoms with Crippen molar-refractivity contribution in [1.29, 1.82) is 0 Å². The third-order valence-electron chi connectivity index (χ3n) is 4.72. The molecule has 5 heteroatoms. The molecule has 1 fully saturated rings. The molecular formula is C18H22N2O3. The topological polar surface area (TPSA) is 60.3 Å². The van der Waals surface area contributed by atoms with E-state index in [0.29, 0.717) is 0 Å². The van der Waals surface area contributed by atoms with Crippen molar-refractivity contribution >= 4 is 16.8 Å². The van der Waals surface area contributed by atoms with Gasteiger partial charge in [-0.2, -0.15) is 0 Å². The number of rotatable bonds is 3. The van der Waals surface area contributed by atoms with Gasteiger partial charge in [-0.25, -0.2) is 0 Å². The molecule has 1 N–H and O–H groups in total. The predicted octanol–water partition coefficient (Wildman–Crippen LogP) is 2.23. The summed E-state index contributed by atoms with van der Waals surface area (Å²) in [7, 11) is 3.42. The van der Waals surface area contributed by atoms with Crippen LogP contribution >= 0.6 is 0 Å². The zero-order valence-corrected chi connectivity index (χ0v) is 13.5. The van der Waals surface area contributed by atoms with Crippen LogP contribution in [-0.4, -0.2) is 29.7 Å². The summed E-state index contributed by atoms with van der Waals surface area (Å²) in [6.45, 7) is 0. The highest BCUT2D eigenvalue weighted by atomic mass is 16.5. The van der Waals surface area contributed by atoms with Crippen molar-refractivity contribution < 1.29 is 9.53 Å². The first kappa shape index (κ1) is 15.7. The normalized spacial score (nSPS) is 21.3. The summed E-state index contributed by atoms with van der Waals surface area (Å²) in [5, 5.41) is 3.90.